The molecule has 0 N–H and O–H groups in total. The molecule has 4 nitrogen and oxygen atoms in total. The van der Waals surface area contributed by atoms with Gasteiger partial charge in [-0.3, -0.25) is 9.69 Å². The number of aromatic nitrogens is 1. The highest BCUT2D eigenvalue weighted by Crippen LogP contribution is 2.33. The van der Waals surface area contributed by atoms with Crippen LogP contribution in [0.15, 0.2) is 36.4 Å². The molecule has 5 heteroatoms. The minimum Gasteiger partial charge on any atom is -0.376 e. The summed E-state index contributed by atoms with van der Waals surface area (Å²) in [6.45, 7) is 9.90. The number of benzene rings is 2. The van der Waals surface area contributed by atoms with Gasteiger partial charge in [0.2, 0.25) is 5.91 Å². The van der Waals surface area contributed by atoms with Crippen molar-refractivity contribution in [1.29, 1.82) is 0 Å². The van der Waals surface area contributed by atoms with Crippen LogP contribution in [0.25, 0.3) is 10.2 Å². The van der Waals surface area contributed by atoms with Gasteiger partial charge in [0.15, 0.2) is 5.13 Å². The molecule has 1 saturated heterocycles. The second kappa shape index (κ2) is 8.86. The molecule has 0 spiro atoms. The van der Waals surface area contributed by atoms with Gasteiger partial charge in [0.1, 0.15) is 0 Å². The van der Waals surface area contributed by atoms with E-state index in [0.29, 0.717) is 18.9 Å². The van der Waals surface area contributed by atoms with E-state index in [1.165, 1.54) is 11.1 Å². The summed E-state index contributed by atoms with van der Waals surface area (Å²) in [5, 5.41) is 0.776. The van der Waals surface area contributed by atoms with Crippen molar-refractivity contribution < 1.29 is 9.53 Å². The molecule has 0 saturated carbocycles. The van der Waals surface area contributed by atoms with E-state index >= 15 is 0 Å². The molecule has 1 aliphatic rings. The van der Waals surface area contributed by atoms with E-state index in [0.717, 1.165) is 45.9 Å². The molecule has 1 aromatic heterocycles. The third-order valence-electron chi connectivity index (χ3n) is 5.76. The number of aryl methyl sites for hydroxylation is 2. The number of ether oxygens (including phenoxy) is 1. The van der Waals surface area contributed by atoms with Gasteiger partial charge in [-0.25, -0.2) is 4.98 Å². The van der Waals surface area contributed by atoms with Crippen molar-refractivity contribution in [2.45, 2.75) is 59.0 Å². The molecule has 2 heterocycles. The number of thiazole rings is 1. The van der Waals surface area contributed by atoms with Crippen LogP contribution >= 0.6 is 11.3 Å². The highest BCUT2D eigenvalue weighted by Gasteiger charge is 2.26. The number of hydrogen-bond donors (Lipinski definition) is 0. The number of anilines is 1. The van der Waals surface area contributed by atoms with Crippen molar-refractivity contribution in [3.63, 3.8) is 0 Å². The quantitative estimate of drug-likeness (QED) is 0.505. The van der Waals surface area contributed by atoms with Crippen molar-refractivity contribution >= 4 is 32.6 Å². The second-order valence-corrected chi connectivity index (χ2v) is 9.65. The predicted molar refractivity (Wildman–Crippen MR) is 125 cm³/mol. The van der Waals surface area contributed by atoms with Gasteiger partial charge in [-0.15, -0.1) is 0 Å². The average molecular weight is 423 g/mol. The van der Waals surface area contributed by atoms with Gasteiger partial charge in [0.25, 0.3) is 0 Å². The topological polar surface area (TPSA) is 42.4 Å². The van der Waals surface area contributed by atoms with Crippen LogP contribution in [0, 0.1) is 13.8 Å². The van der Waals surface area contributed by atoms with Crippen LogP contribution in [0.5, 0.6) is 0 Å². The SMILES string of the molecule is Cc1cc(C)c2nc(N(CC3CCCO3)C(=O)Cc3ccc(C(C)C)cc3)sc2c1. The normalized spacial score (nSPS) is 16.5. The Morgan fingerprint density at radius 3 is 2.67 bits per heavy atom. The smallest absolute Gasteiger partial charge is 0.233 e. The van der Waals surface area contributed by atoms with Crippen LogP contribution in [0.1, 0.15) is 54.9 Å². The van der Waals surface area contributed by atoms with Gasteiger partial charge in [0.05, 0.1) is 29.3 Å². The van der Waals surface area contributed by atoms with Gasteiger partial charge < -0.3 is 4.74 Å². The number of carbonyl (C=O) groups is 1. The summed E-state index contributed by atoms with van der Waals surface area (Å²) in [6, 6.07) is 12.7. The Morgan fingerprint density at radius 2 is 2.00 bits per heavy atom. The summed E-state index contributed by atoms with van der Waals surface area (Å²) in [5.41, 5.74) is 5.69. The van der Waals surface area contributed by atoms with Crippen LogP contribution in [0.4, 0.5) is 5.13 Å². The van der Waals surface area contributed by atoms with E-state index in [2.05, 4.69) is 64.1 Å². The Kier molecular flexibility index (Phi) is 6.21. The van der Waals surface area contributed by atoms with Crippen molar-refractivity contribution in [2.24, 2.45) is 0 Å². The molecule has 1 aliphatic heterocycles. The minimum atomic E-state index is 0.0798. The van der Waals surface area contributed by atoms with E-state index in [9.17, 15) is 4.79 Å². The Labute approximate surface area is 182 Å². The van der Waals surface area contributed by atoms with Crippen molar-refractivity contribution in [2.75, 3.05) is 18.1 Å². The first-order chi connectivity index (χ1) is 14.4. The number of hydrogen-bond acceptors (Lipinski definition) is 4. The first-order valence-corrected chi connectivity index (χ1v) is 11.6. The fourth-order valence-corrected chi connectivity index (χ4v) is 5.21. The Hall–Kier alpha value is -2.24. The number of nitrogens with zero attached hydrogens (tertiary/aromatic N) is 2. The first kappa shape index (κ1) is 21.0. The Bertz CT molecular complexity index is 1030. The highest BCUT2D eigenvalue weighted by atomic mass is 32.1. The fourth-order valence-electron chi connectivity index (χ4n) is 4.04. The zero-order valence-electron chi connectivity index (χ0n) is 18.3. The van der Waals surface area contributed by atoms with E-state index in [4.69, 9.17) is 9.72 Å². The van der Waals surface area contributed by atoms with E-state index in [1.54, 1.807) is 11.3 Å². The second-order valence-electron chi connectivity index (χ2n) is 8.64. The molecular formula is C25H30N2O2S. The molecule has 158 valence electrons. The van der Waals surface area contributed by atoms with Crippen LogP contribution in [0.3, 0.4) is 0 Å². The number of amides is 1. The number of carbonyl (C=O) groups excluding carboxylic acids is 1. The van der Waals surface area contributed by atoms with Crippen LogP contribution in [-0.4, -0.2) is 30.1 Å². The molecule has 0 aliphatic carbocycles. The molecular weight excluding hydrogens is 392 g/mol. The van der Waals surface area contributed by atoms with E-state index < -0.39 is 0 Å². The molecule has 4 rings (SSSR count). The highest BCUT2D eigenvalue weighted by molar-refractivity contribution is 7.22. The molecule has 30 heavy (non-hydrogen) atoms. The largest absolute Gasteiger partial charge is 0.376 e. The maximum atomic E-state index is 13.4. The van der Waals surface area contributed by atoms with Gasteiger partial charge >= 0.3 is 0 Å². The lowest BCUT2D eigenvalue weighted by molar-refractivity contribution is -0.118. The predicted octanol–water partition coefficient (Wildman–Crippen LogP) is 5.79. The third kappa shape index (κ3) is 4.57. The van der Waals surface area contributed by atoms with Crippen molar-refractivity contribution in [3.8, 4) is 0 Å². The molecule has 1 unspecified atom stereocenters. The lowest BCUT2D eigenvalue weighted by Crippen LogP contribution is -2.38. The Morgan fingerprint density at radius 1 is 1.23 bits per heavy atom. The van der Waals surface area contributed by atoms with Gasteiger partial charge in [-0.05, 0) is 60.9 Å². The van der Waals surface area contributed by atoms with Crippen LogP contribution < -0.4 is 4.90 Å². The summed E-state index contributed by atoms with van der Waals surface area (Å²) in [4.78, 5) is 20.1. The van der Waals surface area contributed by atoms with Crippen LogP contribution in [-0.2, 0) is 16.0 Å². The van der Waals surface area contributed by atoms with Gasteiger partial charge in [-0.1, -0.05) is 55.5 Å². The van der Waals surface area contributed by atoms with E-state index in [1.807, 2.05) is 4.90 Å². The van der Waals surface area contributed by atoms with E-state index in [-0.39, 0.29) is 12.0 Å². The average Bonchev–Trinajstić information content (AvgIpc) is 3.36. The zero-order valence-corrected chi connectivity index (χ0v) is 19.1. The number of fused-ring (bicyclic) bond motifs is 1. The zero-order chi connectivity index (χ0) is 21.3. The summed E-state index contributed by atoms with van der Waals surface area (Å²) >= 11 is 1.60. The molecule has 1 amide bonds. The molecule has 0 radical (unpaired) electrons. The standard InChI is InChI=1S/C25H30N2O2S/c1-16(2)20-9-7-19(8-10-20)14-23(28)27(15-21-6-5-11-29-21)25-26-24-18(4)12-17(3)13-22(24)30-25/h7-10,12-13,16,21H,5-6,11,14-15H2,1-4H3. The lowest BCUT2D eigenvalue weighted by atomic mass is 10.0. The van der Waals surface area contributed by atoms with Gasteiger partial charge in [0, 0.05) is 6.61 Å². The fraction of sp³-hybridized carbons (Fsp3) is 0.440. The minimum absolute atomic E-state index is 0.0798. The maximum absolute atomic E-state index is 13.4. The molecule has 1 fully saturated rings. The Balaban J connectivity index is 1.62. The summed E-state index contributed by atoms with van der Waals surface area (Å²) in [6.07, 6.45) is 2.52. The first-order valence-electron chi connectivity index (χ1n) is 10.8. The molecule has 2 aromatic carbocycles. The summed E-state index contributed by atoms with van der Waals surface area (Å²) in [5.74, 6) is 0.566. The number of rotatable bonds is 6. The van der Waals surface area contributed by atoms with Crippen molar-refractivity contribution in [3.05, 3.63) is 58.7 Å². The monoisotopic (exact) mass is 422 g/mol. The van der Waals surface area contributed by atoms with Crippen LogP contribution in [0.2, 0.25) is 0 Å². The lowest BCUT2D eigenvalue weighted by Gasteiger charge is -2.23. The molecule has 1 atom stereocenters. The summed E-state index contributed by atoms with van der Waals surface area (Å²) < 4.78 is 6.98. The summed E-state index contributed by atoms with van der Waals surface area (Å²) in [7, 11) is 0. The maximum Gasteiger partial charge on any atom is 0.233 e. The van der Waals surface area contributed by atoms with Gasteiger partial charge in [-0.2, -0.15) is 0 Å². The molecule has 0 bridgehead atoms. The third-order valence-corrected chi connectivity index (χ3v) is 6.79. The van der Waals surface area contributed by atoms with Crippen molar-refractivity contribution in [1.82, 2.24) is 4.98 Å². The molecule has 3 aromatic rings.